The van der Waals surface area contributed by atoms with Crippen molar-refractivity contribution in [2.75, 3.05) is 38.7 Å². The van der Waals surface area contributed by atoms with Crippen molar-refractivity contribution in [3.63, 3.8) is 0 Å². The summed E-state index contributed by atoms with van der Waals surface area (Å²) in [5.41, 5.74) is 2.67. The molecule has 0 saturated carbocycles. The molecule has 9 heteroatoms. The first-order valence-electron chi connectivity index (χ1n) is 12.3. The third-order valence-corrected chi connectivity index (χ3v) is 8.66. The second-order valence-corrected chi connectivity index (χ2v) is 11.0. The number of carbonyl (C=O) groups is 2. The Labute approximate surface area is 237 Å². The van der Waals surface area contributed by atoms with Crippen LogP contribution in [0.15, 0.2) is 71.6 Å². The number of halogens is 2. The molecule has 3 aromatic carbocycles. The lowest BCUT2D eigenvalue weighted by molar-refractivity contribution is -0.152. The second kappa shape index (κ2) is 12.9. The zero-order valence-electron chi connectivity index (χ0n) is 21.5. The molecule has 1 aliphatic rings. The van der Waals surface area contributed by atoms with Crippen LogP contribution in [0.5, 0.6) is 5.75 Å². The maximum atomic E-state index is 14.0. The van der Waals surface area contributed by atoms with Gasteiger partial charge in [-0.2, -0.15) is 0 Å². The van der Waals surface area contributed by atoms with Crippen molar-refractivity contribution in [3.05, 3.63) is 87.9 Å². The van der Waals surface area contributed by atoms with Gasteiger partial charge in [0.1, 0.15) is 5.75 Å². The first kappa shape index (κ1) is 28.3. The van der Waals surface area contributed by atoms with Crippen LogP contribution in [0, 0.1) is 0 Å². The molecule has 0 radical (unpaired) electrons. The molecule has 0 unspecified atom stereocenters. The van der Waals surface area contributed by atoms with Crippen LogP contribution in [0.2, 0.25) is 10.0 Å². The average molecular weight is 574 g/mol. The summed E-state index contributed by atoms with van der Waals surface area (Å²) >= 11 is 14.0. The molecule has 0 aromatic heterocycles. The smallest absolute Gasteiger partial charge is 0.303 e. The summed E-state index contributed by atoms with van der Waals surface area (Å²) in [6.07, 6.45) is -0.250. The van der Waals surface area contributed by atoms with E-state index in [1.54, 1.807) is 18.1 Å². The van der Waals surface area contributed by atoms with Gasteiger partial charge in [0.25, 0.3) is 5.91 Å². The van der Waals surface area contributed by atoms with E-state index >= 15 is 0 Å². The van der Waals surface area contributed by atoms with Gasteiger partial charge < -0.3 is 19.3 Å². The van der Waals surface area contributed by atoms with Gasteiger partial charge in [-0.25, -0.2) is 0 Å². The number of esters is 1. The molecule has 3 aromatic rings. The van der Waals surface area contributed by atoms with Crippen LogP contribution in [0.3, 0.4) is 0 Å². The summed E-state index contributed by atoms with van der Waals surface area (Å²) < 4.78 is 11.0. The van der Waals surface area contributed by atoms with Crippen molar-refractivity contribution in [3.8, 4) is 5.75 Å². The topological polar surface area (TPSA) is 59.1 Å². The minimum absolute atomic E-state index is 0.246. The summed E-state index contributed by atoms with van der Waals surface area (Å²) in [5, 5.41) is 0.704. The van der Waals surface area contributed by atoms with Gasteiger partial charge in [0.2, 0.25) is 0 Å². The molecule has 2 atom stereocenters. The molecule has 1 amide bonds. The maximum Gasteiger partial charge on any atom is 0.303 e. The van der Waals surface area contributed by atoms with Crippen LogP contribution < -0.4 is 9.64 Å². The van der Waals surface area contributed by atoms with Crippen molar-refractivity contribution < 1.29 is 19.1 Å². The van der Waals surface area contributed by atoms with Gasteiger partial charge in [-0.1, -0.05) is 59.6 Å². The fraction of sp³-hybridized carbons (Fsp3) is 0.310. The zero-order chi connectivity index (χ0) is 27.2. The van der Waals surface area contributed by atoms with E-state index in [9.17, 15) is 9.59 Å². The predicted octanol–water partition coefficient (Wildman–Crippen LogP) is 6.29. The molecule has 0 bridgehead atoms. The predicted molar refractivity (Wildman–Crippen MR) is 154 cm³/mol. The number of thioether (sulfide) groups is 1. The molecule has 4 rings (SSSR count). The van der Waals surface area contributed by atoms with E-state index < -0.39 is 17.3 Å². The number of hydrogen-bond donors (Lipinski definition) is 0. The number of likely N-dealkylation sites (N-methyl/N-ethyl adjacent to an activating group) is 1. The minimum Gasteiger partial charge on any atom is -0.497 e. The molecule has 0 aliphatic carbocycles. The van der Waals surface area contributed by atoms with Crippen molar-refractivity contribution in [1.82, 2.24) is 4.90 Å². The number of hydrogen-bond acceptors (Lipinski definition) is 6. The van der Waals surface area contributed by atoms with Gasteiger partial charge in [0, 0.05) is 31.5 Å². The lowest BCUT2D eigenvalue weighted by atomic mass is 10.1. The zero-order valence-corrected chi connectivity index (χ0v) is 23.9. The Morgan fingerprint density at radius 1 is 1.03 bits per heavy atom. The quantitative estimate of drug-likeness (QED) is 0.281. The van der Waals surface area contributed by atoms with Crippen molar-refractivity contribution >= 4 is 52.5 Å². The summed E-state index contributed by atoms with van der Waals surface area (Å²) in [6.45, 7) is 3.12. The highest BCUT2D eigenvalue weighted by Crippen LogP contribution is 2.46. The van der Waals surface area contributed by atoms with Crippen LogP contribution in [-0.4, -0.2) is 56.7 Å². The molecule has 0 saturated heterocycles. The first-order chi connectivity index (χ1) is 18.3. The van der Waals surface area contributed by atoms with E-state index in [1.807, 2.05) is 67.7 Å². The molecule has 38 heavy (non-hydrogen) atoms. The number of fused-ring (bicyclic) bond motifs is 1. The van der Waals surface area contributed by atoms with Crippen LogP contribution in [0.1, 0.15) is 23.3 Å². The molecule has 6 nitrogen and oxygen atoms in total. The number of ether oxygens (including phenoxy) is 2. The fourth-order valence-corrected chi connectivity index (χ4v) is 6.11. The van der Waals surface area contributed by atoms with E-state index in [4.69, 9.17) is 32.7 Å². The largest absolute Gasteiger partial charge is 0.497 e. The van der Waals surface area contributed by atoms with Crippen LogP contribution in [-0.2, 0) is 20.7 Å². The summed E-state index contributed by atoms with van der Waals surface area (Å²) in [6, 6.07) is 21.0. The summed E-state index contributed by atoms with van der Waals surface area (Å²) in [5.74, 6) is -0.0273. The number of para-hydroxylation sites is 1. The number of methoxy groups -OCH3 is 1. The van der Waals surface area contributed by atoms with Gasteiger partial charge in [-0.3, -0.25) is 9.59 Å². The fourth-order valence-electron chi connectivity index (χ4n) is 4.37. The molecule has 0 N–H and O–H groups in total. The molecule has 200 valence electrons. The van der Waals surface area contributed by atoms with Gasteiger partial charge in [-0.05, 0) is 54.9 Å². The number of benzene rings is 3. The highest BCUT2D eigenvalue weighted by molar-refractivity contribution is 7.99. The van der Waals surface area contributed by atoms with Crippen molar-refractivity contribution in [1.29, 1.82) is 0 Å². The standard InChI is InChI=1S/C29H30Cl2N2O4S/c1-19(34)37-27-28(21-11-13-22(36-3)14-12-21)38-25-10-5-4-9-24(25)33(29(27)35)18-17-32(2)16-15-20-7-6-8-23(30)26(20)31/h4-14,27-28H,15-18H2,1-3H3/t27-,28+/m0/s1. The molecule has 1 aliphatic heterocycles. The minimum atomic E-state index is -0.978. The Morgan fingerprint density at radius 3 is 2.47 bits per heavy atom. The van der Waals surface area contributed by atoms with Crippen LogP contribution in [0.4, 0.5) is 5.69 Å². The monoisotopic (exact) mass is 572 g/mol. The lowest BCUT2D eigenvalue weighted by Gasteiger charge is -2.29. The third kappa shape index (κ3) is 6.64. The Bertz CT molecular complexity index is 1290. The van der Waals surface area contributed by atoms with Crippen LogP contribution >= 0.6 is 35.0 Å². The van der Waals surface area contributed by atoms with Crippen molar-refractivity contribution in [2.45, 2.75) is 29.6 Å². The molecule has 0 spiro atoms. The van der Waals surface area contributed by atoms with Gasteiger partial charge in [0.15, 0.2) is 6.10 Å². The molecule has 1 heterocycles. The van der Waals surface area contributed by atoms with E-state index in [-0.39, 0.29) is 5.91 Å². The van der Waals surface area contributed by atoms with Gasteiger partial charge in [-0.15, -0.1) is 11.8 Å². The number of anilines is 1. The Kier molecular flexibility index (Phi) is 9.60. The lowest BCUT2D eigenvalue weighted by Crippen LogP contribution is -2.45. The van der Waals surface area contributed by atoms with Crippen molar-refractivity contribution in [2.24, 2.45) is 0 Å². The molecular weight excluding hydrogens is 543 g/mol. The second-order valence-electron chi connectivity index (χ2n) is 9.07. The third-order valence-electron chi connectivity index (χ3n) is 6.43. The van der Waals surface area contributed by atoms with E-state index in [0.717, 1.165) is 34.7 Å². The van der Waals surface area contributed by atoms with Crippen LogP contribution in [0.25, 0.3) is 0 Å². The average Bonchev–Trinajstić information content (AvgIpc) is 3.02. The molecular formula is C29H30Cl2N2O4S. The van der Waals surface area contributed by atoms with E-state index in [0.29, 0.717) is 28.9 Å². The Hall–Kier alpha value is -2.71. The maximum absolute atomic E-state index is 14.0. The SMILES string of the molecule is COc1ccc([C@H]2Sc3ccccc3N(CCN(C)CCc3cccc(Cl)c3Cl)C(=O)[C@H]2OC(C)=O)cc1. The molecule has 0 fully saturated rings. The number of carbonyl (C=O) groups excluding carboxylic acids is 2. The van der Waals surface area contributed by atoms with E-state index in [2.05, 4.69) is 4.90 Å². The summed E-state index contributed by atoms with van der Waals surface area (Å²) in [7, 11) is 3.61. The first-order valence-corrected chi connectivity index (χ1v) is 13.9. The Balaban J connectivity index is 1.56. The van der Waals surface area contributed by atoms with Gasteiger partial charge >= 0.3 is 5.97 Å². The number of amides is 1. The van der Waals surface area contributed by atoms with E-state index in [1.165, 1.54) is 18.7 Å². The number of rotatable bonds is 9. The summed E-state index contributed by atoms with van der Waals surface area (Å²) in [4.78, 5) is 30.9. The highest BCUT2D eigenvalue weighted by Gasteiger charge is 2.40. The van der Waals surface area contributed by atoms with Gasteiger partial charge in [0.05, 0.1) is 28.1 Å². The normalized spacial score (nSPS) is 17.2. The number of nitrogens with zero attached hydrogens (tertiary/aromatic N) is 2. The highest BCUT2D eigenvalue weighted by atomic mass is 35.5. The Morgan fingerprint density at radius 2 is 1.76 bits per heavy atom.